The summed E-state index contributed by atoms with van der Waals surface area (Å²) in [6.07, 6.45) is 0.194. The number of hydrogen-bond acceptors (Lipinski definition) is 11. The largest absolute Gasteiger partial charge is 0.507 e. The molecular formula is C28H38N4O8. The first-order chi connectivity index (χ1) is 18.4. The maximum atomic E-state index is 14.0. The van der Waals surface area contributed by atoms with Crippen LogP contribution in [0.3, 0.4) is 0 Å². The molecule has 3 aliphatic carbocycles. The number of benzene rings is 1. The number of aromatic hydroxyl groups is 1. The third-order valence-corrected chi connectivity index (χ3v) is 8.24. The first-order valence-electron chi connectivity index (χ1n) is 13.2. The number of aliphatic hydroxyl groups is 1. The van der Waals surface area contributed by atoms with E-state index in [4.69, 9.17) is 10.6 Å². The zero-order chi connectivity index (χ0) is 30.1. The normalized spacial score (nSPS) is 30.2. The van der Waals surface area contributed by atoms with E-state index >= 15 is 0 Å². The number of fused-ring (bicyclic) bond motifs is 3. The molecule has 0 saturated heterocycles. The van der Waals surface area contributed by atoms with Gasteiger partial charge in [-0.2, -0.15) is 5.48 Å². The minimum atomic E-state index is -2.75. The summed E-state index contributed by atoms with van der Waals surface area (Å²) >= 11 is 0. The molecule has 6 atom stereocenters. The maximum absolute atomic E-state index is 14.0. The van der Waals surface area contributed by atoms with E-state index in [0.29, 0.717) is 16.8 Å². The molecule has 0 aromatic heterocycles. The SMILES string of the molecule is CN(C)c1cc(CNOC(C)(C)C)c(O)c2c1C[C@H]1C[C@H]3[C@H](N(C)C)C(=O)C(C(N)=O)C(=O)[C@@]3(O)C(=O)C1C2=O. The molecule has 0 heterocycles. The van der Waals surface area contributed by atoms with Crippen molar-refractivity contribution in [1.29, 1.82) is 0 Å². The third kappa shape index (κ3) is 4.52. The lowest BCUT2D eigenvalue weighted by molar-refractivity contribution is -0.181. The lowest BCUT2D eigenvalue weighted by Crippen LogP contribution is -2.74. The second kappa shape index (κ2) is 10.0. The van der Waals surface area contributed by atoms with Crippen molar-refractivity contribution >= 4 is 34.7 Å². The zero-order valence-electron chi connectivity index (χ0n) is 23.9. The van der Waals surface area contributed by atoms with Gasteiger partial charge in [-0.3, -0.25) is 33.7 Å². The van der Waals surface area contributed by atoms with E-state index in [-0.39, 0.29) is 30.7 Å². The van der Waals surface area contributed by atoms with E-state index < -0.39 is 70.0 Å². The van der Waals surface area contributed by atoms with Gasteiger partial charge in [0.25, 0.3) is 0 Å². The van der Waals surface area contributed by atoms with E-state index in [1.54, 1.807) is 39.2 Å². The lowest BCUT2D eigenvalue weighted by Gasteiger charge is -2.52. The number of rotatable bonds is 6. The average Bonchev–Trinajstić information content (AvgIpc) is 2.81. The van der Waals surface area contributed by atoms with Gasteiger partial charge in [0.05, 0.1) is 23.1 Å². The number of nitrogens with one attached hydrogen (secondary N) is 1. The number of amides is 1. The Morgan fingerprint density at radius 1 is 1.15 bits per heavy atom. The molecule has 0 bridgehead atoms. The highest BCUT2D eigenvalue weighted by Crippen LogP contribution is 2.52. The summed E-state index contributed by atoms with van der Waals surface area (Å²) in [5.41, 5.74) is 6.40. The number of hydrogen-bond donors (Lipinski definition) is 4. The number of nitrogens with zero attached hydrogens (tertiary/aromatic N) is 2. The number of nitrogens with two attached hydrogens (primary N) is 1. The quantitative estimate of drug-likeness (QED) is 0.267. The van der Waals surface area contributed by atoms with Crippen LogP contribution in [0.15, 0.2) is 6.07 Å². The summed E-state index contributed by atoms with van der Waals surface area (Å²) in [5.74, 6) is -10.7. The van der Waals surface area contributed by atoms with Crippen molar-refractivity contribution in [3.63, 3.8) is 0 Å². The predicted octanol–water partition coefficient (Wildman–Crippen LogP) is -0.247. The number of Topliss-reactive ketones (excluding diaryl/α,β-unsaturated/α-hetero) is 4. The van der Waals surface area contributed by atoms with Crippen LogP contribution in [-0.4, -0.2) is 89.6 Å². The molecule has 1 aromatic carbocycles. The Labute approximate surface area is 232 Å². The van der Waals surface area contributed by atoms with Gasteiger partial charge in [0.2, 0.25) is 5.91 Å². The van der Waals surface area contributed by atoms with Gasteiger partial charge in [-0.05, 0) is 65.3 Å². The highest BCUT2D eigenvalue weighted by molar-refractivity contribution is 6.32. The molecule has 12 heteroatoms. The molecule has 2 unspecified atom stereocenters. The van der Waals surface area contributed by atoms with Gasteiger partial charge in [-0.25, -0.2) is 0 Å². The van der Waals surface area contributed by atoms with Gasteiger partial charge in [-0.1, -0.05) is 0 Å². The van der Waals surface area contributed by atoms with Gasteiger partial charge in [0.15, 0.2) is 34.7 Å². The van der Waals surface area contributed by atoms with Crippen molar-refractivity contribution in [3.8, 4) is 5.75 Å². The minimum Gasteiger partial charge on any atom is -0.507 e. The molecule has 3 aliphatic rings. The topological polar surface area (TPSA) is 180 Å². The van der Waals surface area contributed by atoms with Crippen LogP contribution in [0.2, 0.25) is 0 Å². The van der Waals surface area contributed by atoms with Crippen molar-refractivity contribution in [2.45, 2.75) is 57.4 Å². The number of ketones is 4. The van der Waals surface area contributed by atoms with E-state index in [1.165, 1.54) is 4.90 Å². The molecule has 2 fully saturated rings. The summed E-state index contributed by atoms with van der Waals surface area (Å²) < 4.78 is 0. The van der Waals surface area contributed by atoms with Crippen molar-refractivity contribution in [2.24, 2.45) is 29.4 Å². The van der Waals surface area contributed by atoms with Crippen LogP contribution in [0.1, 0.15) is 48.7 Å². The fourth-order valence-electron chi connectivity index (χ4n) is 6.57. The number of phenols is 1. The molecule has 12 nitrogen and oxygen atoms in total. The van der Waals surface area contributed by atoms with Crippen LogP contribution in [0, 0.1) is 23.7 Å². The fraction of sp³-hybridized carbons (Fsp3) is 0.607. The summed E-state index contributed by atoms with van der Waals surface area (Å²) in [5, 5.41) is 23.0. The molecular weight excluding hydrogens is 520 g/mol. The van der Waals surface area contributed by atoms with Gasteiger partial charge >= 0.3 is 0 Å². The first-order valence-corrected chi connectivity index (χ1v) is 13.2. The Bertz CT molecular complexity index is 1300. The van der Waals surface area contributed by atoms with Gasteiger partial charge < -0.3 is 20.8 Å². The van der Waals surface area contributed by atoms with Gasteiger partial charge in [0.1, 0.15) is 5.75 Å². The molecule has 0 aliphatic heterocycles. The minimum absolute atomic E-state index is 0.000253. The predicted molar refractivity (Wildman–Crippen MR) is 143 cm³/mol. The van der Waals surface area contributed by atoms with Crippen LogP contribution in [0.4, 0.5) is 5.69 Å². The molecule has 2 saturated carbocycles. The van der Waals surface area contributed by atoms with Crippen LogP contribution >= 0.6 is 0 Å². The highest BCUT2D eigenvalue weighted by atomic mass is 16.7. The summed E-state index contributed by atoms with van der Waals surface area (Å²) in [4.78, 5) is 75.6. The number of carbonyl (C=O) groups is 5. The van der Waals surface area contributed by atoms with Crippen LogP contribution in [0.25, 0.3) is 0 Å². The average molecular weight is 559 g/mol. The Morgan fingerprint density at radius 3 is 2.30 bits per heavy atom. The standard InChI is InChI=1S/C28H38N4O8/c1-27(2,3)40-30-11-13-10-16(31(4)5)14-8-12-9-15-20(32(6)7)23(35)19(26(29)38)25(37)28(15,39)24(36)17(12)22(34)18(14)21(13)33/h10,12,15,17,19-20,30,33,39H,8-9,11H2,1-7H3,(H2,29,38)/t12-,15-,17?,19?,20-,28-/m0/s1. The van der Waals surface area contributed by atoms with Crippen molar-refractivity contribution in [3.05, 3.63) is 22.8 Å². The Morgan fingerprint density at radius 2 is 1.77 bits per heavy atom. The number of anilines is 1. The van der Waals surface area contributed by atoms with Crippen LogP contribution < -0.4 is 16.1 Å². The van der Waals surface area contributed by atoms with E-state index in [2.05, 4.69) is 5.48 Å². The Hall–Kier alpha value is -3.19. The van der Waals surface area contributed by atoms with Gasteiger partial charge in [0, 0.05) is 37.8 Å². The summed E-state index contributed by atoms with van der Waals surface area (Å²) in [6.45, 7) is 5.60. The zero-order valence-corrected chi connectivity index (χ0v) is 23.9. The highest BCUT2D eigenvalue weighted by Gasteiger charge is 2.69. The Balaban J connectivity index is 1.83. The molecule has 4 rings (SSSR count). The van der Waals surface area contributed by atoms with E-state index in [1.807, 2.05) is 20.8 Å². The molecule has 5 N–H and O–H groups in total. The lowest BCUT2D eigenvalue weighted by atomic mass is 9.52. The maximum Gasteiger partial charge on any atom is 0.235 e. The third-order valence-electron chi connectivity index (χ3n) is 8.24. The monoisotopic (exact) mass is 558 g/mol. The van der Waals surface area contributed by atoms with E-state index in [9.17, 15) is 34.2 Å². The summed E-state index contributed by atoms with van der Waals surface area (Å²) in [6, 6.07) is 0.606. The Kier molecular flexibility index (Phi) is 7.46. The molecule has 1 aromatic rings. The van der Waals surface area contributed by atoms with Crippen molar-refractivity contribution in [1.82, 2.24) is 10.4 Å². The first kappa shape index (κ1) is 29.8. The molecule has 0 spiro atoms. The van der Waals surface area contributed by atoms with Crippen molar-refractivity contribution in [2.75, 3.05) is 33.1 Å². The second-order valence-corrected chi connectivity index (χ2v) is 12.5. The number of carbonyl (C=O) groups excluding carboxylic acids is 5. The van der Waals surface area contributed by atoms with Crippen LogP contribution in [0.5, 0.6) is 5.75 Å². The molecule has 1 amide bonds. The van der Waals surface area contributed by atoms with Crippen molar-refractivity contribution < 1.29 is 39.0 Å². The smallest absolute Gasteiger partial charge is 0.235 e. The molecule has 0 radical (unpaired) electrons. The van der Waals surface area contributed by atoms with Crippen LogP contribution in [-0.2, 0) is 37.0 Å². The number of primary amides is 1. The fourth-order valence-corrected chi connectivity index (χ4v) is 6.57. The van der Waals surface area contributed by atoms with Gasteiger partial charge in [-0.15, -0.1) is 0 Å². The number of phenolic OH excluding ortho intramolecular Hbond substituents is 1. The second-order valence-electron chi connectivity index (χ2n) is 12.5. The number of hydroxylamine groups is 1. The number of likely N-dealkylation sites (N-methyl/N-ethyl adjacent to an activating group) is 1. The molecule has 218 valence electrons. The molecule has 40 heavy (non-hydrogen) atoms. The van der Waals surface area contributed by atoms with E-state index in [0.717, 1.165) is 0 Å². The summed E-state index contributed by atoms with van der Waals surface area (Å²) in [7, 11) is 6.69.